The minimum atomic E-state index is -2.37. The third-order valence-corrected chi connectivity index (χ3v) is 7.53. The summed E-state index contributed by atoms with van der Waals surface area (Å²) in [6.07, 6.45) is 2.77. The molecule has 6 rings (SSSR count). The molecule has 3 fully saturated rings. The van der Waals surface area contributed by atoms with Gasteiger partial charge in [-0.05, 0) is 67.6 Å². The van der Waals surface area contributed by atoms with Gasteiger partial charge in [-0.2, -0.15) is 4.39 Å². The number of aromatic hydroxyl groups is 1. The molecule has 3 aromatic rings. The zero-order valence-corrected chi connectivity index (χ0v) is 19.6. The Morgan fingerprint density at radius 3 is 2.77 bits per heavy atom. The molecular weight excluding hydrogens is 470 g/mol. The van der Waals surface area contributed by atoms with E-state index in [9.17, 15) is 9.50 Å². The fourth-order valence-electron chi connectivity index (χ4n) is 5.33. The van der Waals surface area contributed by atoms with E-state index in [4.69, 9.17) is 4.11 Å². The molecule has 1 aliphatic carbocycles. The number of alkyl halides is 1. The zero-order chi connectivity index (χ0) is 26.6. The Bertz CT molecular complexity index is 1340. The maximum atomic E-state index is 15.3. The van der Waals surface area contributed by atoms with E-state index in [1.165, 1.54) is 18.2 Å². The second-order valence-corrected chi connectivity index (χ2v) is 10.0. The molecule has 0 unspecified atom stereocenters. The second-order valence-electron chi connectivity index (χ2n) is 9.42. The lowest BCUT2D eigenvalue weighted by Gasteiger charge is -2.40. The number of hydrogen-bond acceptors (Lipinski definition) is 8. The summed E-state index contributed by atoms with van der Waals surface area (Å²) < 4.78 is 51.5. The predicted molar refractivity (Wildman–Crippen MR) is 131 cm³/mol. The first-order chi connectivity index (χ1) is 18.1. The van der Waals surface area contributed by atoms with Gasteiger partial charge in [0.2, 0.25) is 5.95 Å². The van der Waals surface area contributed by atoms with Crippen molar-refractivity contribution in [1.29, 1.82) is 0 Å². The smallest absolute Gasteiger partial charge is 0.214 e. The molecule has 10 heteroatoms. The van der Waals surface area contributed by atoms with Crippen molar-refractivity contribution in [2.24, 2.45) is 0 Å². The molecule has 4 atom stereocenters. The average molecular weight is 500 g/mol. The predicted octanol–water partition coefficient (Wildman–Crippen LogP) is 4.37. The molecule has 7 nitrogen and oxygen atoms in total. The molecule has 0 amide bonds. The topological polar surface area (TPSA) is 87.1 Å². The highest BCUT2D eigenvalue weighted by Gasteiger charge is 2.48. The largest absolute Gasteiger partial charge is 0.507 e. The number of nitrogens with one attached hydrogen (secondary N) is 1. The summed E-state index contributed by atoms with van der Waals surface area (Å²) in [4.78, 5) is 10.1. The summed E-state index contributed by atoms with van der Waals surface area (Å²) in [7, 11) is 0. The van der Waals surface area contributed by atoms with Gasteiger partial charge in [0.1, 0.15) is 11.9 Å². The van der Waals surface area contributed by atoms with Crippen molar-refractivity contribution in [1.82, 2.24) is 25.5 Å². The van der Waals surface area contributed by atoms with Crippen molar-refractivity contribution in [2.75, 3.05) is 11.1 Å². The van der Waals surface area contributed by atoms with Gasteiger partial charge in [-0.3, -0.25) is 0 Å². The fraction of sp³-hybridized carbons (Fsp3) is 0.440. The SMILES string of the molecule is [2H]C([2H])([2H])Sc1cc(-c2ccc(-c3ncc(N(C4CC4)[C@H]4C[C@@H]5CC[C@H](N5)[C@H]4F)nn3)c(O)c2)cc(F)n1. The molecule has 0 radical (unpaired) electrons. The lowest BCUT2D eigenvalue weighted by molar-refractivity contribution is 0.171. The quantitative estimate of drug-likeness (QED) is 0.382. The normalized spacial score (nSPS) is 27.2. The molecule has 2 saturated heterocycles. The third-order valence-electron chi connectivity index (χ3n) is 7.11. The van der Waals surface area contributed by atoms with Gasteiger partial charge < -0.3 is 15.3 Å². The Morgan fingerprint density at radius 1 is 1.14 bits per heavy atom. The molecule has 35 heavy (non-hydrogen) atoms. The van der Waals surface area contributed by atoms with E-state index in [1.807, 2.05) is 0 Å². The van der Waals surface area contributed by atoms with Gasteiger partial charge in [0.25, 0.3) is 0 Å². The van der Waals surface area contributed by atoms with Crippen LogP contribution >= 0.6 is 11.8 Å². The first kappa shape index (κ1) is 19.4. The average Bonchev–Trinajstić information content (AvgIpc) is 3.61. The first-order valence-corrected chi connectivity index (χ1v) is 12.5. The minimum Gasteiger partial charge on any atom is -0.507 e. The molecule has 2 bridgehead atoms. The van der Waals surface area contributed by atoms with Gasteiger partial charge in [0.15, 0.2) is 11.6 Å². The summed E-state index contributed by atoms with van der Waals surface area (Å²) in [5.41, 5.74) is 1.18. The first-order valence-electron chi connectivity index (χ1n) is 13.2. The number of rotatable bonds is 6. The molecule has 1 saturated carbocycles. The van der Waals surface area contributed by atoms with Crippen LogP contribution in [0.15, 0.2) is 41.6 Å². The summed E-state index contributed by atoms with van der Waals surface area (Å²) in [6, 6.07) is 7.49. The van der Waals surface area contributed by atoms with Crippen molar-refractivity contribution in [2.45, 2.75) is 67.5 Å². The van der Waals surface area contributed by atoms with E-state index in [-0.39, 0.29) is 34.7 Å². The van der Waals surface area contributed by atoms with Crippen molar-refractivity contribution in [3.05, 3.63) is 42.5 Å². The fourth-order valence-corrected chi connectivity index (χ4v) is 5.65. The highest BCUT2D eigenvalue weighted by atomic mass is 32.2. The number of phenolic OH excluding ortho intramolecular Hbond substituents is 1. The molecule has 2 aliphatic heterocycles. The van der Waals surface area contributed by atoms with Crippen LogP contribution in [0.3, 0.4) is 0 Å². The van der Waals surface area contributed by atoms with Crippen LogP contribution < -0.4 is 10.2 Å². The molecule has 1 aromatic carbocycles. The summed E-state index contributed by atoms with van der Waals surface area (Å²) in [5, 5.41) is 22.7. The van der Waals surface area contributed by atoms with Crippen LogP contribution in [0.1, 0.15) is 36.2 Å². The lowest BCUT2D eigenvalue weighted by atomic mass is 9.96. The standard InChI is InChI=1S/C25H26F2N6OS/c1-35-23-10-14(9-21(26)30-23)13-2-6-17(20(34)8-13)25-28-12-22(31-32-25)33(16-4-5-16)19-11-15-3-7-18(29-15)24(19)27/h2,6,8-10,12,15-16,18-19,24,29,34H,3-5,7,11H2,1H3/t15-,18-,19-,24+/m0/s1/i1D3. The number of fused-ring (bicyclic) bond motifs is 2. The zero-order valence-electron chi connectivity index (χ0n) is 21.7. The van der Waals surface area contributed by atoms with Crippen LogP contribution in [-0.4, -0.2) is 61.8 Å². The lowest BCUT2D eigenvalue weighted by Crippen LogP contribution is -2.57. The highest BCUT2D eigenvalue weighted by molar-refractivity contribution is 7.98. The number of anilines is 1. The Morgan fingerprint density at radius 2 is 2.03 bits per heavy atom. The molecule has 2 aromatic heterocycles. The Labute approximate surface area is 210 Å². The van der Waals surface area contributed by atoms with Gasteiger partial charge in [-0.15, -0.1) is 22.0 Å². The van der Waals surface area contributed by atoms with Crippen molar-refractivity contribution in [3.63, 3.8) is 0 Å². The summed E-state index contributed by atoms with van der Waals surface area (Å²) in [5.74, 6) is -0.223. The van der Waals surface area contributed by atoms with E-state index in [2.05, 4.69) is 30.4 Å². The highest BCUT2D eigenvalue weighted by Crippen LogP contribution is 2.40. The third kappa shape index (κ3) is 4.33. The molecule has 2 N–H and O–H groups in total. The van der Waals surface area contributed by atoms with E-state index in [0.29, 0.717) is 40.3 Å². The van der Waals surface area contributed by atoms with E-state index >= 15 is 4.39 Å². The number of benzene rings is 1. The van der Waals surface area contributed by atoms with E-state index < -0.39 is 18.3 Å². The van der Waals surface area contributed by atoms with Gasteiger partial charge in [0.05, 0.1) is 22.8 Å². The molecule has 182 valence electrons. The maximum absolute atomic E-state index is 15.3. The Kier molecular flexibility index (Phi) is 4.97. The number of piperidine rings is 1. The number of phenols is 1. The number of hydrogen-bond donors (Lipinski definition) is 2. The molecule has 3 aliphatic rings. The van der Waals surface area contributed by atoms with Crippen LogP contribution in [0.4, 0.5) is 14.6 Å². The van der Waals surface area contributed by atoms with E-state index in [1.54, 1.807) is 18.3 Å². The van der Waals surface area contributed by atoms with Gasteiger partial charge >= 0.3 is 0 Å². The van der Waals surface area contributed by atoms with Crippen LogP contribution in [0.2, 0.25) is 0 Å². The van der Waals surface area contributed by atoms with Gasteiger partial charge in [0, 0.05) is 28.3 Å². The summed E-state index contributed by atoms with van der Waals surface area (Å²) in [6.45, 7) is 0. The van der Waals surface area contributed by atoms with Crippen LogP contribution in [0, 0.1) is 5.95 Å². The van der Waals surface area contributed by atoms with Crippen LogP contribution in [-0.2, 0) is 0 Å². The summed E-state index contributed by atoms with van der Waals surface area (Å²) >= 11 is 0.479. The number of nitrogens with zero attached hydrogens (tertiary/aromatic N) is 5. The molecule has 0 spiro atoms. The number of aromatic nitrogens is 4. The molecule has 4 heterocycles. The molecular formula is C25H26F2N6OS. The Hall–Kier alpha value is -2.85. The van der Waals surface area contributed by atoms with Crippen molar-refractivity contribution < 1.29 is 18.0 Å². The number of halogens is 2. The monoisotopic (exact) mass is 499 g/mol. The number of thioether (sulfide) groups is 1. The van der Waals surface area contributed by atoms with Crippen LogP contribution in [0.25, 0.3) is 22.5 Å². The van der Waals surface area contributed by atoms with Crippen LogP contribution in [0.5, 0.6) is 5.75 Å². The maximum Gasteiger partial charge on any atom is 0.214 e. The Balaban J connectivity index is 1.24. The number of pyridine rings is 1. The minimum absolute atomic E-state index is 0.0178. The van der Waals surface area contributed by atoms with Crippen molar-refractivity contribution >= 4 is 17.6 Å². The van der Waals surface area contributed by atoms with Gasteiger partial charge in [-0.25, -0.2) is 14.4 Å². The van der Waals surface area contributed by atoms with Gasteiger partial charge in [-0.1, -0.05) is 6.07 Å². The van der Waals surface area contributed by atoms with E-state index in [0.717, 1.165) is 32.1 Å². The second kappa shape index (κ2) is 8.98. The van der Waals surface area contributed by atoms with Crippen molar-refractivity contribution in [3.8, 4) is 28.3 Å².